The third-order valence-corrected chi connectivity index (χ3v) is 5.05. The predicted octanol–water partition coefficient (Wildman–Crippen LogP) is 3.86. The quantitative estimate of drug-likeness (QED) is 0.465. The lowest BCUT2D eigenvalue weighted by atomic mass is 9.62. The summed E-state index contributed by atoms with van der Waals surface area (Å²) in [6.07, 6.45) is 4.01. The predicted molar refractivity (Wildman–Crippen MR) is 74.3 cm³/mol. The Balaban J connectivity index is 3.27. The first-order valence-corrected chi connectivity index (χ1v) is 6.53. The first kappa shape index (κ1) is 13.2. The van der Waals surface area contributed by atoms with E-state index in [-0.39, 0.29) is 14.9 Å². The third kappa shape index (κ3) is 2.03. The molecule has 1 aliphatic carbocycles. The molecule has 1 N–H and O–H groups in total. The lowest BCUT2D eigenvalue weighted by molar-refractivity contribution is 0.0448. The average Bonchev–Trinajstić information content (AvgIpc) is 2.00. The molecule has 1 aliphatic rings. The Morgan fingerprint density at radius 1 is 1.67 bits per heavy atom. The van der Waals surface area contributed by atoms with Crippen molar-refractivity contribution in [1.29, 1.82) is 0 Å². The molecule has 2 heteroatoms. The first-order valence-electron chi connectivity index (χ1n) is 5.45. The summed E-state index contributed by atoms with van der Waals surface area (Å²) in [6.45, 7) is 12.4. The Morgan fingerprint density at radius 2 is 2.20 bits per heavy atom. The number of alkyl halides is 1. The van der Waals surface area contributed by atoms with Crippen LogP contribution in [0.2, 0.25) is 0 Å². The number of rotatable bonds is 2. The number of hydrogen-bond acceptors (Lipinski definition) is 1. The van der Waals surface area contributed by atoms with Crippen molar-refractivity contribution >= 4 is 22.6 Å². The van der Waals surface area contributed by atoms with Crippen LogP contribution in [0, 0.1) is 5.41 Å². The second-order valence-corrected chi connectivity index (χ2v) is 7.23. The van der Waals surface area contributed by atoms with E-state index in [1.54, 1.807) is 0 Å². The van der Waals surface area contributed by atoms with Crippen LogP contribution in [-0.2, 0) is 0 Å². The smallest absolute Gasteiger partial charge is 0.0621 e. The molecule has 0 saturated carbocycles. The van der Waals surface area contributed by atoms with E-state index >= 15 is 0 Å². The minimum absolute atomic E-state index is 0.0346. The monoisotopic (exact) mass is 320 g/mol. The van der Waals surface area contributed by atoms with Gasteiger partial charge >= 0.3 is 0 Å². The van der Waals surface area contributed by atoms with E-state index in [1.165, 1.54) is 5.57 Å². The van der Waals surface area contributed by atoms with E-state index in [2.05, 4.69) is 49.1 Å². The highest BCUT2D eigenvalue weighted by Gasteiger charge is 2.50. The van der Waals surface area contributed by atoms with Crippen LogP contribution < -0.4 is 0 Å². The topological polar surface area (TPSA) is 20.2 Å². The maximum Gasteiger partial charge on any atom is 0.0621 e. The van der Waals surface area contributed by atoms with Gasteiger partial charge in [-0.25, -0.2) is 0 Å². The van der Waals surface area contributed by atoms with E-state index in [0.717, 1.165) is 18.4 Å². The largest absolute Gasteiger partial charge is 0.392 e. The fourth-order valence-electron chi connectivity index (χ4n) is 2.91. The molecule has 1 rings (SSSR count). The fraction of sp³-hybridized carbons (Fsp3) is 0.692. The van der Waals surface area contributed by atoms with Crippen molar-refractivity contribution in [3.8, 4) is 0 Å². The Bertz CT molecular complexity index is 302. The molecule has 0 amide bonds. The van der Waals surface area contributed by atoms with E-state index in [4.69, 9.17) is 0 Å². The summed E-state index contributed by atoms with van der Waals surface area (Å²) >= 11 is 2.45. The van der Waals surface area contributed by atoms with E-state index in [0.29, 0.717) is 0 Å². The van der Waals surface area contributed by atoms with Crippen molar-refractivity contribution < 1.29 is 5.11 Å². The van der Waals surface area contributed by atoms with Gasteiger partial charge < -0.3 is 5.11 Å². The summed E-state index contributed by atoms with van der Waals surface area (Å²) in [4.78, 5) is 0. The minimum Gasteiger partial charge on any atom is -0.392 e. The zero-order chi connectivity index (χ0) is 11.9. The van der Waals surface area contributed by atoms with Gasteiger partial charge in [0.25, 0.3) is 0 Å². The van der Waals surface area contributed by atoms with Gasteiger partial charge in [-0.05, 0) is 40.5 Å². The standard InChI is InChI=1S/C13H21IO/c1-9(2)13(11(4)15)7-6-10(3)8-12(13,5)14/h8,11,15H,1,6-7H2,2-5H3. The molecule has 0 aromatic carbocycles. The average molecular weight is 320 g/mol. The summed E-state index contributed by atoms with van der Waals surface area (Å²) < 4.78 is -0.0346. The van der Waals surface area contributed by atoms with Gasteiger partial charge in [-0.3, -0.25) is 0 Å². The Labute approximate surface area is 107 Å². The maximum absolute atomic E-state index is 10.1. The summed E-state index contributed by atoms with van der Waals surface area (Å²) in [6, 6.07) is 0. The highest BCUT2D eigenvalue weighted by molar-refractivity contribution is 14.1. The number of halogens is 1. The molecule has 0 fully saturated rings. The van der Waals surface area contributed by atoms with Crippen LogP contribution in [-0.4, -0.2) is 14.6 Å². The minimum atomic E-state index is -0.346. The molecule has 0 spiro atoms. The second kappa shape index (κ2) is 4.21. The molecule has 3 unspecified atom stereocenters. The van der Waals surface area contributed by atoms with Crippen molar-refractivity contribution in [2.75, 3.05) is 0 Å². The SMILES string of the molecule is C=C(C)C1(C(C)O)CCC(C)=CC1(C)I. The van der Waals surface area contributed by atoms with Gasteiger partial charge in [0.15, 0.2) is 0 Å². The summed E-state index contributed by atoms with van der Waals surface area (Å²) in [5, 5.41) is 10.1. The molecule has 0 aromatic rings. The lowest BCUT2D eigenvalue weighted by Crippen LogP contribution is -2.50. The summed E-state index contributed by atoms with van der Waals surface area (Å²) in [5.74, 6) is 0. The van der Waals surface area contributed by atoms with Crippen LogP contribution in [0.4, 0.5) is 0 Å². The van der Waals surface area contributed by atoms with Crippen molar-refractivity contribution in [3.63, 3.8) is 0 Å². The molecule has 0 bridgehead atoms. The highest BCUT2D eigenvalue weighted by atomic mass is 127. The molecule has 0 aliphatic heterocycles. The van der Waals surface area contributed by atoms with Crippen molar-refractivity contribution in [3.05, 3.63) is 23.8 Å². The molecule has 0 saturated heterocycles. The first-order chi connectivity index (χ1) is 6.74. The zero-order valence-corrected chi connectivity index (χ0v) is 12.3. The normalized spacial score (nSPS) is 38.4. The third-order valence-electron chi connectivity index (χ3n) is 3.78. The van der Waals surface area contributed by atoms with Gasteiger partial charge in [0.1, 0.15) is 0 Å². The van der Waals surface area contributed by atoms with Gasteiger partial charge in [-0.2, -0.15) is 0 Å². The van der Waals surface area contributed by atoms with Gasteiger partial charge in [0, 0.05) is 8.84 Å². The fourth-order valence-corrected chi connectivity index (χ4v) is 4.62. The maximum atomic E-state index is 10.1. The van der Waals surface area contributed by atoms with Gasteiger partial charge in [0.2, 0.25) is 0 Å². The highest BCUT2D eigenvalue weighted by Crippen LogP contribution is 2.54. The molecule has 0 radical (unpaired) electrons. The molecule has 0 aromatic heterocycles. The van der Waals surface area contributed by atoms with Gasteiger partial charge in [-0.1, -0.05) is 46.4 Å². The van der Waals surface area contributed by atoms with Crippen LogP contribution >= 0.6 is 22.6 Å². The second-order valence-electron chi connectivity index (χ2n) is 4.99. The molecule has 1 nitrogen and oxygen atoms in total. The van der Waals surface area contributed by atoms with Crippen LogP contribution in [0.1, 0.15) is 40.5 Å². The number of aliphatic hydroxyl groups is 1. The van der Waals surface area contributed by atoms with E-state index < -0.39 is 0 Å². The summed E-state index contributed by atoms with van der Waals surface area (Å²) in [7, 11) is 0. The Kier molecular flexibility index (Phi) is 3.71. The lowest BCUT2D eigenvalue weighted by Gasteiger charge is -2.50. The zero-order valence-electron chi connectivity index (χ0n) is 10.1. The Hall–Kier alpha value is 0.170. The number of allylic oxidation sites excluding steroid dienone is 2. The van der Waals surface area contributed by atoms with Crippen LogP contribution in [0.5, 0.6) is 0 Å². The molecular weight excluding hydrogens is 299 g/mol. The molecule has 0 heterocycles. The summed E-state index contributed by atoms with van der Waals surface area (Å²) in [5.41, 5.74) is 2.34. The molecule has 3 atom stereocenters. The van der Waals surface area contributed by atoms with Crippen LogP contribution in [0.3, 0.4) is 0 Å². The van der Waals surface area contributed by atoms with Gasteiger partial charge in [0.05, 0.1) is 6.10 Å². The van der Waals surface area contributed by atoms with Gasteiger partial charge in [-0.15, -0.1) is 0 Å². The van der Waals surface area contributed by atoms with Crippen molar-refractivity contribution in [2.45, 2.75) is 50.1 Å². The van der Waals surface area contributed by atoms with Crippen LogP contribution in [0.25, 0.3) is 0 Å². The Morgan fingerprint density at radius 3 is 2.53 bits per heavy atom. The molecular formula is C13H21IO. The van der Waals surface area contributed by atoms with E-state index in [9.17, 15) is 5.11 Å². The van der Waals surface area contributed by atoms with Crippen molar-refractivity contribution in [2.24, 2.45) is 5.41 Å². The van der Waals surface area contributed by atoms with E-state index in [1.807, 2.05) is 13.8 Å². The molecule has 15 heavy (non-hydrogen) atoms. The number of aliphatic hydroxyl groups excluding tert-OH is 1. The number of hydrogen-bond donors (Lipinski definition) is 1. The van der Waals surface area contributed by atoms with Crippen LogP contribution in [0.15, 0.2) is 23.8 Å². The molecule has 86 valence electrons. The van der Waals surface area contributed by atoms with Crippen molar-refractivity contribution in [1.82, 2.24) is 0 Å².